The third kappa shape index (κ3) is 3.82. The first-order chi connectivity index (χ1) is 8.90. The lowest BCUT2D eigenvalue weighted by atomic mass is 9.71. The van der Waals surface area contributed by atoms with Gasteiger partial charge in [0.2, 0.25) is 0 Å². The minimum absolute atomic E-state index is 0.0796. The van der Waals surface area contributed by atoms with Gasteiger partial charge in [0, 0.05) is 12.5 Å². The first kappa shape index (κ1) is 17.6. The van der Waals surface area contributed by atoms with Crippen LogP contribution >= 0.6 is 0 Å². The normalized spacial score (nSPS) is 23.9. The Morgan fingerprint density at radius 2 is 1.90 bits per heavy atom. The Morgan fingerprint density at radius 1 is 1.35 bits per heavy atom. The van der Waals surface area contributed by atoms with E-state index in [1.165, 1.54) is 11.1 Å². The van der Waals surface area contributed by atoms with Gasteiger partial charge in [-0.2, -0.15) is 0 Å². The molecule has 0 heterocycles. The summed E-state index contributed by atoms with van der Waals surface area (Å²) in [6.45, 7) is 18.2. The van der Waals surface area contributed by atoms with Gasteiger partial charge >= 0.3 is 0 Å². The van der Waals surface area contributed by atoms with Crippen LogP contribution < -0.4 is 0 Å². The molecule has 0 aromatic rings. The van der Waals surface area contributed by atoms with Crippen LogP contribution in [0.3, 0.4) is 0 Å². The van der Waals surface area contributed by atoms with Crippen LogP contribution in [0.4, 0.5) is 0 Å². The molecule has 0 spiro atoms. The van der Waals surface area contributed by atoms with E-state index in [1.54, 1.807) is 0 Å². The summed E-state index contributed by atoms with van der Waals surface area (Å²) in [6, 6.07) is 0. The van der Waals surface area contributed by atoms with Crippen LogP contribution in [0.1, 0.15) is 60.8 Å². The second kappa shape index (κ2) is 5.76. The molecule has 20 heavy (non-hydrogen) atoms. The van der Waals surface area contributed by atoms with Crippen LogP contribution in [0.2, 0.25) is 18.1 Å². The maximum Gasteiger partial charge on any atom is 0.192 e. The Morgan fingerprint density at radius 3 is 2.30 bits per heavy atom. The van der Waals surface area contributed by atoms with E-state index in [0.717, 1.165) is 19.1 Å². The van der Waals surface area contributed by atoms with Crippen molar-refractivity contribution < 1.29 is 9.22 Å². The summed E-state index contributed by atoms with van der Waals surface area (Å²) in [5.74, 6) is 0. The maximum atomic E-state index is 10.9. The molecule has 116 valence electrons. The Hall–Kier alpha value is -0.413. The predicted molar refractivity (Wildman–Crippen MR) is 88.5 cm³/mol. The second-order valence-electron chi connectivity index (χ2n) is 8.42. The summed E-state index contributed by atoms with van der Waals surface area (Å²) < 4.78 is 6.59. The summed E-state index contributed by atoms with van der Waals surface area (Å²) in [5, 5.41) is 0.248. The number of allylic oxidation sites excluding steroid dienone is 1. The van der Waals surface area contributed by atoms with Crippen molar-refractivity contribution in [3.63, 3.8) is 0 Å². The molecule has 1 rings (SSSR count). The number of hydrogen-bond acceptors (Lipinski definition) is 2. The van der Waals surface area contributed by atoms with Gasteiger partial charge in [-0.05, 0) is 43.3 Å². The third-order valence-corrected chi connectivity index (χ3v) is 9.69. The highest BCUT2D eigenvalue weighted by atomic mass is 28.4. The largest absolute Gasteiger partial charge is 0.414 e. The number of carbonyl (C=O) groups excluding carboxylic acids is 1. The van der Waals surface area contributed by atoms with Crippen molar-refractivity contribution >= 4 is 14.6 Å². The summed E-state index contributed by atoms with van der Waals surface area (Å²) in [4.78, 5) is 10.9. The van der Waals surface area contributed by atoms with Gasteiger partial charge in [-0.1, -0.05) is 45.8 Å². The van der Waals surface area contributed by atoms with Crippen LogP contribution in [0.25, 0.3) is 0 Å². The molecule has 0 aliphatic heterocycles. The zero-order valence-electron chi connectivity index (χ0n) is 14.6. The molecule has 2 nitrogen and oxygen atoms in total. The van der Waals surface area contributed by atoms with Gasteiger partial charge in [0.15, 0.2) is 8.32 Å². The van der Waals surface area contributed by atoms with E-state index < -0.39 is 8.32 Å². The van der Waals surface area contributed by atoms with Gasteiger partial charge in [-0.15, -0.1) is 0 Å². The summed E-state index contributed by atoms with van der Waals surface area (Å²) >= 11 is 0. The molecule has 0 saturated heterocycles. The van der Waals surface area contributed by atoms with E-state index in [9.17, 15) is 4.79 Å². The van der Waals surface area contributed by atoms with E-state index in [-0.39, 0.29) is 10.5 Å². The zero-order valence-corrected chi connectivity index (χ0v) is 15.6. The Bertz CT molecular complexity index is 400. The molecule has 0 fully saturated rings. The van der Waals surface area contributed by atoms with Crippen molar-refractivity contribution in [3.8, 4) is 0 Å². The average molecular weight is 297 g/mol. The Labute approximate surface area is 126 Å². The minimum Gasteiger partial charge on any atom is -0.414 e. The molecule has 0 N–H and O–H groups in total. The lowest BCUT2D eigenvalue weighted by Crippen LogP contribution is -2.46. The van der Waals surface area contributed by atoms with Gasteiger partial charge in [0.25, 0.3) is 0 Å². The fourth-order valence-electron chi connectivity index (χ4n) is 3.02. The van der Waals surface area contributed by atoms with Gasteiger partial charge in [0.1, 0.15) is 6.29 Å². The van der Waals surface area contributed by atoms with Crippen molar-refractivity contribution in [2.75, 3.05) is 0 Å². The van der Waals surface area contributed by atoms with Gasteiger partial charge in [-0.25, -0.2) is 0 Å². The maximum absolute atomic E-state index is 10.9. The molecule has 0 radical (unpaired) electrons. The van der Waals surface area contributed by atoms with E-state index in [4.69, 9.17) is 4.43 Å². The lowest BCUT2D eigenvalue weighted by Gasteiger charge is -2.44. The smallest absolute Gasteiger partial charge is 0.192 e. The van der Waals surface area contributed by atoms with Gasteiger partial charge in [-0.3, -0.25) is 0 Å². The van der Waals surface area contributed by atoms with Crippen molar-refractivity contribution in [2.45, 2.75) is 85.0 Å². The van der Waals surface area contributed by atoms with Crippen LogP contribution in [-0.2, 0) is 9.22 Å². The van der Waals surface area contributed by atoms with Crippen molar-refractivity contribution in [2.24, 2.45) is 5.41 Å². The molecular formula is C17H32O2Si. The van der Waals surface area contributed by atoms with Crippen LogP contribution in [-0.4, -0.2) is 20.7 Å². The zero-order chi connectivity index (χ0) is 15.8. The van der Waals surface area contributed by atoms with E-state index in [1.807, 2.05) is 0 Å². The number of hydrogen-bond donors (Lipinski definition) is 0. The highest BCUT2D eigenvalue weighted by molar-refractivity contribution is 6.74. The second-order valence-corrected chi connectivity index (χ2v) is 13.2. The summed E-state index contributed by atoms with van der Waals surface area (Å²) in [7, 11) is -1.72. The van der Waals surface area contributed by atoms with Gasteiger partial charge < -0.3 is 9.22 Å². The number of rotatable bonds is 4. The SMILES string of the molecule is CC1=C(CC=O)C(C)(C)C[C@@H](O[Si](C)(C)C(C)(C)C)C1. The molecule has 0 aromatic heterocycles. The fourth-order valence-corrected chi connectivity index (χ4v) is 4.37. The topological polar surface area (TPSA) is 26.3 Å². The molecule has 3 heteroatoms. The van der Waals surface area contributed by atoms with Crippen molar-refractivity contribution in [3.05, 3.63) is 11.1 Å². The molecule has 0 unspecified atom stereocenters. The Balaban J connectivity index is 2.92. The summed E-state index contributed by atoms with van der Waals surface area (Å²) in [5.41, 5.74) is 2.76. The molecular weight excluding hydrogens is 264 g/mol. The van der Waals surface area contributed by atoms with Crippen molar-refractivity contribution in [1.82, 2.24) is 0 Å². The highest BCUT2D eigenvalue weighted by Gasteiger charge is 2.42. The van der Waals surface area contributed by atoms with Crippen molar-refractivity contribution in [1.29, 1.82) is 0 Å². The van der Waals surface area contributed by atoms with Crippen LogP contribution in [0.15, 0.2) is 11.1 Å². The first-order valence-electron chi connectivity index (χ1n) is 7.71. The van der Waals surface area contributed by atoms with E-state index >= 15 is 0 Å². The molecule has 1 atom stereocenters. The van der Waals surface area contributed by atoms with E-state index in [2.05, 4.69) is 54.6 Å². The quantitative estimate of drug-likeness (QED) is 0.410. The number of aldehydes is 1. The summed E-state index contributed by atoms with van der Waals surface area (Å²) in [6.07, 6.45) is 3.93. The molecule has 0 amide bonds. The Kier molecular flexibility index (Phi) is 5.08. The monoisotopic (exact) mass is 296 g/mol. The highest BCUT2D eigenvalue weighted by Crippen LogP contribution is 2.45. The standard InChI is InChI=1S/C17H32O2Si/c1-13-11-14(19-20(7,8)16(2,3)4)12-17(5,6)15(13)9-10-18/h10,14H,9,11-12H2,1-8H3/t14-/m0/s1. The number of carbonyl (C=O) groups is 1. The predicted octanol–water partition coefficient (Wildman–Crippen LogP) is 5.10. The molecule has 1 aliphatic rings. The molecule has 0 saturated carbocycles. The molecule has 0 bridgehead atoms. The third-order valence-electron chi connectivity index (χ3n) is 5.16. The lowest BCUT2D eigenvalue weighted by molar-refractivity contribution is -0.107. The van der Waals surface area contributed by atoms with E-state index in [0.29, 0.717) is 12.5 Å². The molecule has 1 aliphatic carbocycles. The first-order valence-corrected chi connectivity index (χ1v) is 10.6. The minimum atomic E-state index is -1.72. The van der Waals surface area contributed by atoms with Gasteiger partial charge in [0.05, 0.1) is 0 Å². The molecule has 0 aromatic carbocycles. The average Bonchev–Trinajstić information content (AvgIpc) is 2.20. The van der Waals surface area contributed by atoms with Crippen LogP contribution in [0.5, 0.6) is 0 Å². The van der Waals surface area contributed by atoms with Crippen LogP contribution in [0, 0.1) is 5.41 Å². The fraction of sp³-hybridized carbons (Fsp3) is 0.824.